The number of rotatable bonds is 4. The molecule has 0 aliphatic carbocycles. The molecular formula is C18H16N2O5. The molecule has 0 radical (unpaired) electrons. The molecule has 2 heterocycles. The van der Waals surface area contributed by atoms with Gasteiger partial charge in [-0.1, -0.05) is 18.2 Å². The third-order valence-electron chi connectivity index (χ3n) is 3.91. The Morgan fingerprint density at radius 2 is 2.00 bits per heavy atom. The first-order valence-corrected chi connectivity index (χ1v) is 7.67. The number of benzene rings is 1. The van der Waals surface area contributed by atoms with Crippen LogP contribution in [0.2, 0.25) is 0 Å². The molecule has 3 rings (SSSR count). The van der Waals surface area contributed by atoms with Gasteiger partial charge < -0.3 is 19.4 Å². The lowest BCUT2D eigenvalue weighted by molar-refractivity contribution is -0.116. The molecule has 3 aromatic rings. The van der Waals surface area contributed by atoms with E-state index in [9.17, 15) is 19.5 Å². The Hall–Kier alpha value is -3.35. The number of nitrogens with one attached hydrogen (secondary N) is 1. The van der Waals surface area contributed by atoms with E-state index in [0.29, 0.717) is 16.7 Å². The van der Waals surface area contributed by atoms with Gasteiger partial charge >= 0.3 is 5.63 Å². The Labute approximate surface area is 142 Å². The number of fused-ring (bicyclic) bond motifs is 1. The highest BCUT2D eigenvalue weighted by molar-refractivity contribution is 5.92. The van der Waals surface area contributed by atoms with E-state index in [4.69, 9.17) is 4.42 Å². The van der Waals surface area contributed by atoms with Crippen molar-refractivity contribution < 1.29 is 14.3 Å². The third-order valence-corrected chi connectivity index (χ3v) is 3.91. The van der Waals surface area contributed by atoms with Crippen molar-refractivity contribution >= 4 is 22.6 Å². The van der Waals surface area contributed by atoms with Crippen molar-refractivity contribution in [3.05, 3.63) is 68.9 Å². The van der Waals surface area contributed by atoms with Crippen LogP contribution in [-0.2, 0) is 11.3 Å². The second-order valence-electron chi connectivity index (χ2n) is 5.59. The number of nitrogens with zero attached hydrogens (tertiary/aromatic N) is 1. The molecule has 0 fully saturated rings. The highest BCUT2D eigenvalue weighted by atomic mass is 16.4. The number of carbonyl (C=O) groups is 1. The number of anilines is 1. The molecule has 1 amide bonds. The fraction of sp³-hybridized carbons (Fsp3) is 0.167. The van der Waals surface area contributed by atoms with Gasteiger partial charge in [-0.05, 0) is 19.1 Å². The van der Waals surface area contributed by atoms with Gasteiger partial charge in [0, 0.05) is 30.6 Å². The molecule has 2 aromatic heterocycles. The number of para-hydroxylation sites is 1. The second kappa shape index (κ2) is 6.64. The zero-order valence-electron chi connectivity index (χ0n) is 13.5. The van der Waals surface area contributed by atoms with Gasteiger partial charge in [0.2, 0.25) is 11.3 Å². The van der Waals surface area contributed by atoms with Crippen molar-refractivity contribution in [2.24, 2.45) is 0 Å². The maximum Gasteiger partial charge on any atom is 0.360 e. The van der Waals surface area contributed by atoms with E-state index in [1.165, 1.54) is 12.3 Å². The van der Waals surface area contributed by atoms with Crippen LogP contribution in [-0.4, -0.2) is 15.6 Å². The number of carbonyl (C=O) groups excluding carboxylic acids is 1. The lowest BCUT2D eigenvalue weighted by atomic mass is 10.2. The summed E-state index contributed by atoms with van der Waals surface area (Å²) in [6.07, 6.45) is 1.57. The van der Waals surface area contributed by atoms with Crippen molar-refractivity contribution in [1.29, 1.82) is 0 Å². The molecule has 0 aliphatic heterocycles. The summed E-state index contributed by atoms with van der Waals surface area (Å²) in [5.74, 6) is -0.710. The standard InChI is InChI=1S/C18H16N2O5/c1-11-17(23)14(21)6-8-20(11)9-7-16(22)19-13-10-12-4-2-3-5-15(12)25-18(13)24/h2-6,8,10,23H,7,9H2,1H3,(H,19,22). The van der Waals surface area contributed by atoms with Crippen molar-refractivity contribution in [2.45, 2.75) is 19.9 Å². The molecule has 2 N–H and O–H groups in total. The van der Waals surface area contributed by atoms with Gasteiger partial charge in [-0.15, -0.1) is 0 Å². The molecule has 0 aliphatic rings. The summed E-state index contributed by atoms with van der Waals surface area (Å²) in [7, 11) is 0. The average Bonchev–Trinajstić information content (AvgIpc) is 2.60. The van der Waals surface area contributed by atoms with E-state index < -0.39 is 11.1 Å². The monoisotopic (exact) mass is 340 g/mol. The summed E-state index contributed by atoms with van der Waals surface area (Å²) in [6, 6.07) is 9.81. The fourth-order valence-corrected chi connectivity index (χ4v) is 2.49. The van der Waals surface area contributed by atoms with Crippen LogP contribution >= 0.6 is 0 Å². The van der Waals surface area contributed by atoms with Crippen molar-refractivity contribution in [3.8, 4) is 5.75 Å². The zero-order valence-corrected chi connectivity index (χ0v) is 13.5. The van der Waals surface area contributed by atoms with Gasteiger partial charge in [-0.3, -0.25) is 9.59 Å². The summed E-state index contributed by atoms with van der Waals surface area (Å²) in [5.41, 5.74) is -0.185. The molecule has 0 atom stereocenters. The van der Waals surface area contributed by atoms with Gasteiger partial charge in [-0.2, -0.15) is 0 Å². The third kappa shape index (κ3) is 3.45. The fourth-order valence-electron chi connectivity index (χ4n) is 2.49. The van der Waals surface area contributed by atoms with Crippen molar-refractivity contribution in [1.82, 2.24) is 4.57 Å². The smallest absolute Gasteiger partial charge is 0.360 e. The highest BCUT2D eigenvalue weighted by Crippen LogP contribution is 2.15. The van der Waals surface area contributed by atoms with E-state index in [1.807, 2.05) is 0 Å². The molecule has 0 saturated heterocycles. The van der Waals surface area contributed by atoms with Crippen LogP contribution in [0.5, 0.6) is 5.75 Å². The molecule has 0 unspecified atom stereocenters. The highest BCUT2D eigenvalue weighted by Gasteiger charge is 2.11. The van der Waals surface area contributed by atoms with Gasteiger partial charge in [-0.25, -0.2) is 4.79 Å². The van der Waals surface area contributed by atoms with Gasteiger partial charge in [0.1, 0.15) is 11.3 Å². The van der Waals surface area contributed by atoms with Crippen LogP contribution in [0.3, 0.4) is 0 Å². The minimum Gasteiger partial charge on any atom is -0.503 e. The van der Waals surface area contributed by atoms with Gasteiger partial charge in [0.15, 0.2) is 5.75 Å². The number of hydrogen-bond acceptors (Lipinski definition) is 5. The lowest BCUT2D eigenvalue weighted by Gasteiger charge is -2.11. The predicted octanol–water partition coefficient (Wildman–Crippen LogP) is 2.00. The minimum atomic E-state index is -0.621. The number of hydrogen-bond donors (Lipinski definition) is 2. The number of aryl methyl sites for hydroxylation is 1. The summed E-state index contributed by atoms with van der Waals surface area (Å²) in [4.78, 5) is 35.4. The summed E-state index contributed by atoms with van der Waals surface area (Å²) < 4.78 is 6.76. The zero-order chi connectivity index (χ0) is 18.0. The summed E-state index contributed by atoms with van der Waals surface area (Å²) >= 11 is 0. The lowest BCUT2D eigenvalue weighted by Crippen LogP contribution is -2.20. The van der Waals surface area contributed by atoms with E-state index in [-0.39, 0.29) is 30.3 Å². The Kier molecular flexibility index (Phi) is 4.38. The van der Waals surface area contributed by atoms with Crippen LogP contribution < -0.4 is 16.4 Å². The molecule has 0 saturated carbocycles. The average molecular weight is 340 g/mol. The van der Waals surface area contributed by atoms with E-state index in [0.717, 1.165) is 0 Å². The number of amides is 1. The van der Waals surface area contributed by atoms with E-state index >= 15 is 0 Å². The Balaban J connectivity index is 1.73. The largest absolute Gasteiger partial charge is 0.503 e. The van der Waals surface area contributed by atoms with Gasteiger partial charge in [0.25, 0.3) is 0 Å². The maximum atomic E-state index is 12.1. The molecule has 0 spiro atoms. The van der Waals surface area contributed by atoms with Crippen LogP contribution in [0.25, 0.3) is 11.0 Å². The first kappa shape index (κ1) is 16.5. The molecule has 7 heteroatoms. The normalized spacial score (nSPS) is 10.8. The van der Waals surface area contributed by atoms with Crippen LogP contribution in [0.1, 0.15) is 12.1 Å². The Morgan fingerprint density at radius 3 is 2.80 bits per heavy atom. The first-order chi connectivity index (χ1) is 12.0. The van der Waals surface area contributed by atoms with Gasteiger partial charge in [0.05, 0.1) is 5.69 Å². The number of pyridine rings is 1. The number of aromatic hydroxyl groups is 1. The van der Waals surface area contributed by atoms with E-state index in [2.05, 4.69) is 5.32 Å². The summed E-state index contributed by atoms with van der Waals surface area (Å²) in [5, 5.41) is 12.9. The minimum absolute atomic E-state index is 0.0649. The van der Waals surface area contributed by atoms with E-state index in [1.54, 1.807) is 41.8 Å². The Morgan fingerprint density at radius 1 is 1.24 bits per heavy atom. The molecule has 128 valence electrons. The predicted molar refractivity (Wildman–Crippen MR) is 92.8 cm³/mol. The molecule has 1 aromatic carbocycles. The molecule has 25 heavy (non-hydrogen) atoms. The topological polar surface area (TPSA) is 102 Å². The molecule has 0 bridgehead atoms. The molecular weight excluding hydrogens is 324 g/mol. The first-order valence-electron chi connectivity index (χ1n) is 7.67. The second-order valence-corrected chi connectivity index (χ2v) is 5.59. The van der Waals surface area contributed by atoms with Crippen molar-refractivity contribution in [2.75, 3.05) is 5.32 Å². The summed E-state index contributed by atoms with van der Waals surface area (Å²) in [6.45, 7) is 1.84. The molecule has 7 nitrogen and oxygen atoms in total. The SMILES string of the molecule is Cc1c(O)c(=O)ccn1CCC(=O)Nc1cc2ccccc2oc1=O. The number of aromatic nitrogens is 1. The van der Waals surface area contributed by atoms with Crippen LogP contribution in [0.4, 0.5) is 5.69 Å². The van der Waals surface area contributed by atoms with Crippen molar-refractivity contribution in [3.63, 3.8) is 0 Å². The Bertz CT molecular complexity index is 1060. The van der Waals surface area contributed by atoms with Crippen LogP contribution in [0.15, 0.2) is 56.6 Å². The quantitative estimate of drug-likeness (QED) is 0.707. The van der Waals surface area contributed by atoms with Crippen LogP contribution in [0, 0.1) is 6.92 Å². The maximum absolute atomic E-state index is 12.1.